The molecule has 7 heteroatoms. The van der Waals surface area contributed by atoms with Crippen LogP contribution in [0.15, 0.2) is 42.6 Å². The molecule has 0 saturated heterocycles. The number of benzene rings is 1. The van der Waals surface area contributed by atoms with Gasteiger partial charge in [-0.1, -0.05) is 19.1 Å². The third kappa shape index (κ3) is 7.41. The Bertz CT molecular complexity index is 864. The Balaban J connectivity index is 2.14. The molecule has 2 aromatic rings. The summed E-state index contributed by atoms with van der Waals surface area (Å²) < 4.78 is 12.6. The molecule has 0 spiro atoms. The summed E-state index contributed by atoms with van der Waals surface area (Å²) in [6.07, 6.45) is 3.57. The van der Waals surface area contributed by atoms with Crippen LogP contribution in [0.5, 0.6) is 5.75 Å². The first-order valence-electron chi connectivity index (χ1n) is 11.2. The highest BCUT2D eigenvalue weighted by molar-refractivity contribution is 5.84. The Kier molecular flexibility index (Phi) is 10.3. The largest absolute Gasteiger partial charge is 0.497 e. The zero-order valence-corrected chi connectivity index (χ0v) is 20.0. The normalized spacial score (nSPS) is 11.8. The predicted octanol–water partition coefficient (Wildman–Crippen LogP) is 3.56. The van der Waals surface area contributed by atoms with E-state index in [0.29, 0.717) is 32.7 Å². The Morgan fingerprint density at radius 3 is 2.59 bits per heavy atom. The van der Waals surface area contributed by atoms with E-state index < -0.39 is 0 Å². The number of carbonyl (C=O) groups is 2. The fourth-order valence-corrected chi connectivity index (χ4v) is 3.60. The van der Waals surface area contributed by atoms with Gasteiger partial charge >= 0.3 is 0 Å². The zero-order chi connectivity index (χ0) is 23.5. The molecule has 0 saturated carbocycles. The van der Waals surface area contributed by atoms with E-state index in [-0.39, 0.29) is 24.4 Å². The molecule has 1 aromatic heterocycles. The van der Waals surface area contributed by atoms with E-state index in [1.165, 1.54) is 6.92 Å². The summed E-state index contributed by atoms with van der Waals surface area (Å²) in [4.78, 5) is 28.8. The van der Waals surface area contributed by atoms with Gasteiger partial charge in [-0.25, -0.2) is 0 Å². The van der Waals surface area contributed by atoms with Gasteiger partial charge in [0.25, 0.3) is 0 Å². The smallest absolute Gasteiger partial charge is 0.242 e. The highest BCUT2D eigenvalue weighted by Crippen LogP contribution is 2.17. The number of ether oxygens (including phenoxy) is 2. The van der Waals surface area contributed by atoms with Crippen molar-refractivity contribution >= 4 is 11.8 Å². The Labute approximate surface area is 191 Å². The second-order valence-corrected chi connectivity index (χ2v) is 8.04. The number of nitrogens with zero attached hydrogens (tertiary/aromatic N) is 3. The molecule has 1 atom stereocenters. The van der Waals surface area contributed by atoms with Crippen molar-refractivity contribution in [2.24, 2.45) is 0 Å². The molecule has 32 heavy (non-hydrogen) atoms. The summed E-state index contributed by atoms with van der Waals surface area (Å²) in [7, 11) is 3.30. The topological polar surface area (TPSA) is 64.0 Å². The second-order valence-electron chi connectivity index (χ2n) is 8.04. The van der Waals surface area contributed by atoms with E-state index in [2.05, 4.69) is 24.5 Å². The summed E-state index contributed by atoms with van der Waals surface area (Å²) in [5.41, 5.74) is 2.18. The van der Waals surface area contributed by atoms with Gasteiger partial charge in [0.05, 0.1) is 20.2 Å². The molecule has 1 unspecified atom stereocenters. The van der Waals surface area contributed by atoms with Gasteiger partial charge in [0, 0.05) is 51.7 Å². The van der Waals surface area contributed by atoms with Gasteiger partial charge < -0.3 is 23.8 Å². The molecule has 2 rings (SSSR count). The highest BCUT2D eigenvalue weighted by atomic mass is 16.5. The van der Waals surface area contributed by atoms with Gasteiger partial charge in [-0.2, -0.15) is 0 Å². The Morgan fingerprint density at radius 2 is 1.94 bits per heavy atom. The van der Waals surface area contributed by atoms with Crippen LogP contribution in [0.3, 0.4) is 0 Å². The molecule has 0 aliphatic heterocycles. The van der Waals surface area contributed by atoms with Crippen molar-refractivity contribution in [3.63, 3.8) is 0 Å². The number of rotatable bonds is 13. The lowest BCUT2D eigenvalue weighted by molar-refractivity contribution is -0.141. The van der Waals surface area contributed by atoms with Gasteiger partial charge in [-0.15, -0.1) is 0 Å². The molecule has 0 aliphatic rings. The maximum absolute atomic E-state index is 13.2. The Hall–Kier alpha value is -2.80. The third-order valence-corrected chi connectivity index (χ3v) is 5.73. The summed E-state index contributed by atoms with van der Waals surface area (Å²) in [6, 6.07) is 12.1. The van der Waals surface area contributed by atoms with Crippen LogP contribution in [0.2, 0.25) is 0 Å². The van der Waals surface area contributed by atoms with Crippen molar-refractivity contribution in [1.82, 2.24) is 14.4 Å². The first kappa shape index (κ1) is 25.5. The maximum Gasteiger partial charge on any atom is 0.242 e. The fourth-order valence-electron chi connectivity index (χ4n) is 3.60. The van der Waals surface area contributed by atoms with Gasteiger partial charge in [0.1, 0.15) is 5.75 Å². The predicted molar refractivity (Wildman–Crippen MR) is 126 cm³/mol. The summed E-state index contributed by atoms with van der Waals surface area (Å²) in [6.45, 7) is 7.97. The number of hydrogen-bond acceptors (Lipinski definition) is 4. The number of methoxy groups -OCH3 is 2. The van der Waals surface area contributed by atoms with E-state index in [0.717, 1.165) is 23.4 Å². The van der Waals surface area contributed by atoms with Gasteiger partial charge in [0.2, 0.25) is 11.8 Å². The van der Waals surface area contributed by atoms with Crippen molar-refractivity contribution in [3.8, 4) is 5.75 Å². The summed E-state index contributed by atoms with van der Waals surface area (Å²) in [5, 5.41) is 0. The average molecular weight is 444 g/mol. The molecule has 0 fully saturated rings. The molecule has 176 valence electrons. The molecule has 0 radical (unpaired) electrons. The van der Waals surface area contributed by atoms with Gasteiger partial charge in [-0.05, 0) is 49.6 Å². The van der Waals surface area contributed by atoms with Crippen LogP contribution >= 0.6 is 0 Å². The van der Waals surface area contributed by atoms with E-state index in [4.69, 9.17) is 9.47 Å². The van der Waals surface area contributed by atoms with Crippen molar-refractivity contribution < 1.29 is 19.1 Å². The van der Waals surface area contributed by atoms with E-state index in [1.807, 2.05) is 41.4 Å². The average Bonchev–Trinajstić information content (AvgIpc) is 3.22. The van der Waals surface area contributed by atoms with E-state index >= 15 is 0 Å². The fraction of sp³-hybridized carbons (Fsp3) is 0.520. The minimum Gasteiger partial charge on any atom is -0.497 e. The summed E-state index contributed by atoms with van der Waals surface area (Å²) >= 11 is 0. The number of aromatic nitrogens is 1. The minimum atomic E-state index is -0.0973. The first-order chi connectivity index (χ1) is 15.4. The highest BCUT2D eigenvalue weighted by Gasteiger charge is 2.23. The van der Waals surface area contributed by atoms with Crippen molar-refractivity contribution in [3.05, 3.63) is 53.9 Å². The third-order valence-electron chi connectivity index (χ3n) is 5.73. The Morgan fingerprint density at radius 1 is 1.16 bits per heavy atom. The lowest BCUT2D eigenvalue weighted by Crippen LogP contribution is -2.46. The van der Waals surface area contributed by atoms with Crippen LogP contribution in [-0.4, -0.2) is 66.1 Å². The van der Waals surface area contributed by atoms with Crippen LogP contribution in [0.4, 0.5) is 0 Å². The lowest BCUT2D eigenvalue weighted by Gasteiger charge is -2.31. The van der Waals surface area contributed by atoms with Crippen LogP contribution in [-0.2, 0) is 27.4 Å². The van der Waals surface area contributed by atoms with Crippen LogP contribution in [0, 0.1) is 0 Å². The molecular weight excluding hydrogens is 406 g/mol. The lowest BCUT2D eigenvalue weighted by atomic mass is 10.2. The molecule has 0 bridgehead atoms. The molecule has 1 heterocycles. The molecular formula is C25H37N3O4. The number of carbonyl (C=O) groups excluding carboxylic acids is 2. The number of hydrogen-bond donors (Lipinski definition) is 0. The van der Waals surface area contributed by atoms with Gasteiger partial charge in [-0.3, -0.25) is 9.59 Å². The SMILES string of the molecule is CCC(C)N(Cc1cccn1Cc1cccc(OC)c1)C(=O)CN(CCCOC)C(C)=O. The van der Waals surface area contributed by atoms with E-state index in [9.17, 15) is 9.59 Å². The van der Waals surface area contributed by atoms with Gasteiger partial charge in [0.15, 0.2) is 0 Å². The van der Waals surface area contributed by atoms with Crippen molar-refractivity contribution in [1.29, 1.82) is 0 Å². The minimum absolute atomic E-state index is 0.0407. The molecule has 2 amide bonds. The first-order valence-corrected chi connectivity index (χ1v) is 11.2. The molecule has 1 aromatic carbocycles. The zero-order valence-electron chi connectivity index (χ0n) is 20.0. The van der Waals surface area contributed by atoms with Crippen LogP contribution < -0.4 is 4.74 Å². The second kappa shape index (κ2) is 12.9. The monoisotopic (exact) mass is 443 g/mol. The van der Waals surface area contributed by atoms with Crippen molar-refractivity contribution in [2.75, 3.05) is 33.9 Å². The van der Waals surface area contributed by atoms with E-state index in [1.54, 1.807) is 19.1 Å². The standard InChI is InChI=1S/C25H37N3O4/c1-6-20(2)28(25(30)19-26(21(3)29)14-9-15-31-4)18-23-11-8-13-27(23)17-22-10-7-12-24(16-22)32-5/h7-8,10-13,16,20H,6,9,14-15,17-19H2,1-5H3. The van der Waals surface area contributed by atoms with Crippen LogP contribution in [0.25, 0.3) is 0 Å². The quantitative estimate of drug-likeness (QED) is 0.444. The van der Waals surface area contributed by atoms with Crippen molar-refractivity contribution in [2.45, 2.75) is 52.7 Å². The van der Waals surface area contributed by atoms with Crippen LogP contribution in [0.1, 0.15) is 44.9 Å². The summed E-state index contributed by atoms with van der Waals surface area (Å²) in [5.74, 6) is 0.687. The maximum atomic E-state index is 13.2. The molecule has 7 nitrogen and oxygen atoms in total. The molecule has 0 aliphatic carbocycles. The molecule has 0 N–H and O–H groups in total. The number of amides is 2.